The van der Waals surface area contributed by atoms with Crippen molar-refractivity contribution in [1.29, 1.82) is 0 Å². The van der Waals surface area contributed by atoms with Gasteiger partial charge in [-0.05, 0) is 35.9 Å². The molecule has 4 aromatic rings. The number of anilines is 2. The van der Waals surface area contributed by atoms with Gasteiger partial charge in [-0.15, -0.1) is 0 Å². The van der Waals surface area contributed by atoms with Gasteiger partial charge >= 0.3 is 0 Å². The molecule has 6 heteroatoms. The van der Waals surface area contributed by atoms with E-state index in [0.29, 0.717) is 18.1 Å². The molecule has 1 aromatic heterocycles. The van der Waals surface area contributed by atoms with E-state index >= 15 is 0 Å². The lowest BCUT2D eigenvalue weighted by atomic mass is 10.2. The van der Waals surface area contributed by atoms with E-state index in [2.05, 4.69) is 31.2 Å². The second-order valence-electron chi connectivity index (χ2n) is 5.93. The summed E-state index contributed by atoms with van der Waals surface area (Å²) in [5, 5.41) is 3.99. The molecule has 1 heterocycles. The van der Waals surface area contributed by atoms with Crippen molar-refractivity contribution in [1.82, 2.24) is 9.97 Å². The average Bonchev–Trinajstić information content (AvgIpc) is 2.69. The predicted octanol–water partition coefficient (Wildman–Crippen LogP) is 5.85. The Labute approximate surface area is 164 Å². The lowest BCUT2D eigenvalue weighted by molar-refractivity contribution is 0.290. The molecule has 0 fully saturated rings. The van der Waals surface area contributed by atoms with Gasteiger partial charge in [-0.25, -0.2) is 14.4 Å². The number of aromatic nitrogens is 2. The number of nitrogens with zero attached hydrogens (tertiary/aromatic N) is 2. The zero-order chi connectivity index (χ0) is 18.6. The summed E-state index contributed by atoms with van der Waals surface area (Å²) < 4.78 is 20.9. The van der Waals surface area contributed by atoms with Crippen LogP contribution in [0.4, 0.5) is 15.9 Å². The highest BCUT2D eigenvalue weighted by Crippen LogP contribution is 2.28. The molecule has 0 spiro atoms. The Kier molecular flexibility index (Phi) is 4.98. The van der Waals surface area contributed by atoms with Crippen LogP contribution in [-0.2, 0) is 6.61 Å². The van der Waals surface area contributed by atoms with Crippen molar-refractivity contribution in [2.75, 3.05) is 5.32 Å². The first-order chi connectivity index (χ1) is 13.2. The molecule has 1 N–H and O–H groups in total. The first-order valence-electron chi connectivity index (χ1n) is 8.32. The lowest BCUT2D eigenvalue weighted by Crippen LogP contribution is -1.99. The summed E-state index contributed by atoms with van der Waals surface area (Å²) in [6.45, 7) is 0.315. The first-order valence-corrected chi connectivity index (χ1v) is 9.12. The molecule has 134 valence electrons. The summed E-state index contributed by atoms with van der Waals surface area (Å²) in [7, 11) is 0. The molecule has 0 aliphatic rings. The largest absolute Gasteiger partial charge is 0.486 e. The Bertz CT molecular complexity index is 1090. The highest BCUT2D eigenvalue weighted by molar-refractivity contribution is 9.10. The summed E-state index contributed by atoms with van der Waals surface area (Å²) in [5.74, 6) is 0.383. The molecule has 0 saturated heterocycles. The Morgan fingerprint density at radius 2 is 1.81 bits per heavy atom. The number of halogens is 2. The van der Waals surface area contributed by atoms with E-state index in [-0.39, 0.29) is 5.75 Å². The lowest BCUT2D eigenvalue weighted by Gasteiger charge is -2.11. The topological polar surface area (TPSA) is 47.0 Å². The van der Waals surface area contributed by atoms with Crippen LogP contribution < -0.4 is 10.1 Å². The van der Waals surface area contributed by atoms with E-state index in [0.717, 1.165) is 20.9 Å². The Morgan fingerprint density at radius 1 is 0.963 bits per heavy atom. The Morgan fingerprint density at radius 3 is 2.63 bits per heavy atom. The highest BCUT2D eigenvalue weighted by atomic mass is 79.9. The molecular formula is C21H15BrFN3O. The summed E-state index contributed by atoms with van der Waals surface area (Å²) in [4.78, 5) is 8.52. The van der Waals surface area contributed by atoms with Crippen LogP contribution in [0.2, 0.25) is 0 Å². The van der Waals surface area contributed by atoms with Crippen molar-refractivity contribution in [3.8, 4) is 5.75 Å². The van der Waals surface area contributed by atoms with E-state index in [1.807, 2.05) is 48.5 Å². The molecule has 27 heavy (non-hydrogen) atoms. The number of fused-ring (bicyclic) bond motifs is 1. The zero-order valence-corrected chi connectivity index (χ0v) is 15.8. The van der Waals surface area contributed by atoms with Crippen molar-refractivity contribution < 1.29 is 9.13 Å². The van der Waals surface area contributed by atoms with Crippen LogP contribution in [-0.4, -0.2) is 9.97 Å². The zero-order valence-electron chi connectivity index (χ0n) is 14.2. The highest BCUT2D eigenvalue weighted by Gasteiger charge is 2.08. The van der Waals surface area contributed by atoms with E-state index in [9.17, 15) is 4.39 Å². The molecule has 0 amide bonds. The van der Waals surface area contributed by atoms with Crippen LogP contribution in [0.5, 0.6) is 5.75 Å². The second kappa shape index (κ2) is 7.72. The number of nitrogens with one attached hydrogen (secondary N) is 1. The quantitative estimate of drug-likeness (QED) is 0.436. The smallest absolute Gasteiger partial charge is 0.167 e. The Hall–Kier alpha value is -2.99. The average molecular weight is 424 g/mol. The number of ether oxygens (including phenoxy) is 1. The van der Waals surface area contributed by atoms with Crippen molar-refractivity contribution in [3.05, 3.63) is 88.9 Å². The van der Waals surface area contributed by atoms with E-state index in [4.69, 9.17) is 4.74 Å². The third-order valence-electron chi connectivity index (χ3n) is 4.03. The monoisotopic (exact) mass is 423 g/mol. The summed E-state index contributed by atoms with van der Waals surface area (Å²) in [5.41, 5.74) is 2.37. The van der Waals surface area contributed by atoms with Gasteiger partial charge in [0.2, 0.25) is 0 Å². The number of hydrogen-bond acceptors (Lipinski definition) is 4. The third-order valence-corrected chi connectivity index (χ3v) is 4.52. The molecular weight excluding hydrogens is 409 g/mol. The third kappa shape index (κ3) is 4.06. The number of rotatable bonds is 5. The van der Waals surface area contributed by atoms with Gasteiger partial charge in [0.05, 0.1) is 5.52 Å². The van der Waals surface area contributed by atoms with Crippen LogP contribution in [0.15, 0.2) is 77.5 Å². The van der Waals surface area contributed by atoms with Gasteiger partial charge in [-0.1, -0.05) is 46.3 Å². The van der Waals surface area contributed by atoms with Gasteiger partial charge in [0, 0.05) is 21.6 Å². The fourth-order valence-electron chi connectivity index (χ4n) is 2.70. The van der Waals surface area contributed by atoms with Gasteiger partial charge in [0.1, 0.15) is 18.8 Å². The molecule has 3 aromatic carbocycles. The van der Waals surface area contributed by atoms with Crippen molar-refractivity contribution in [3.63, 3.8) is 0 Å². The maximum Gasteiger partial charge on any atom is 0.167 e. The standard InChI is InChI=1S/C21H15BrFN3O/c22-15-6-8-19-17(10-15)21(25-13-24-19)26-16-7-9-20(18(23)11-16)27-12-14-4-2-1-3-5-14/h1-11,13H,12H2,(H,24,25,26). The maximum absolute atomic E-state index is 14.4. The fourth-order valence-corrected chi connectivity index (χ4v) is 3.06. The van der Waals surface area contributed by atoms with Crippen LogP contribution >= 0.6 is 15.9 Å². The van der Waals surface area contributed by atoms with Crippen molar-refractivity contribution in [2.24, 2.45) is 0 Å². The van der Waals surface area contributed by atoms with E-state index < -0.39 is 5.82 Å². The molecule has 0 aliphatic heterocycles. The Balaban J connectivity index is 1.54. The van der Waals surface area contributed by atoms with Crippen LogP contribution in [0.1, 0.15) is 5.56 Å². The molecule has 4 nitrogen and oxygen atoms in total. The van der Waals surface area contributed by atoms with Gasteiger partial charge < -0.3 is 10.1 Å². The molecule has 0 radical (unpaired) electrons. The summed E-state index contributed by atoms with van der Waals surface area (Å²) in [6.07, 6.45) is 1.48. The van der Waals surface area contributed by atoms with Crippen LogP contribution in [0, 0.1) is 5.82 Å². The summed E-state index contributed by atoms with van der Waals surface area (Å²) >= 11 is 3.45. The van der Waals surface area contributed by atoms with Crippen LogP contribution in [0.3, 0.4) is 0 Å². The predicted molar refractivity (Wildman–Crippen MR) is 108 cm³/mol. The summed E-state index contributed by atoms with van der Waals surface area (Å²) in [6, 6.07) is 20.1. The van der Waals surface area contributed by atoms with Crippen molar-refractivity contribution in [2.45, 2.75) is 6.61 Å². The van der Waals surface area contributed by atoms with E-state index in [1.54, 1.807) is 12.1 Å². The number of hydrogen-bond donors (Lipinski definition) is 1. The van der Waals surface area contributed by atoms with Gasteiger partial charge in [-0.2, -0.15) is 0 Å². The first kappa shape index (κ1) is 17.4. The molecule has 0 unspecified atom stereocenters. The minimum atomic E-state index is -0.435. The van der Waals surface area contributed by atoms with Gasteiger partial charge in [0.25, 0.3) is 0 Å². The van der Waals surface area contributed by atoms with Crippen LogP contribution in [0.25, 0.3) is 10.9 Å². The van der Waals surface area contributed by atoms with Gasteiger partial charge in [-0.3, -0.25) is 0 Å². The fraction of sp³-hybridized carbons (Fsp3) is 0.0476. The minimum Gasteiger partial charge on any atom is -0.486 e. The molecule has 4 rings (SSSR count). The van der Waals surface area contributed by atoms with Crippen molar-refractivity contribution >= 4 is 38.3 Å². The minimum absolute atomic E-state index is 0.208. The molecule has 0 bridgehead atoms. The number of benzene rings is 3. The molecule has 0 atom stereocenters. The van der Waals surface area contributed by atoms with Gasteiger partial charge in [0.15, 0.2) is 11.6 Å². The maximum atomic E-state index is 14.4. The van der Waals surface area contributed by atoms with E-state index in [1.165, 1.54) is 12.4 Å². The second-order valence-corrected chi connectivity index (χ2v) is 6.84. The molecule has 0 aliphatic carbocycles. The molecule has 0 saturated carbocycles. The SMILES string of the molecule is Fc1cc(Nc2ncnc3ccc(Br)cc23)ccc1OCc1ccccc1. The normalized spacial score (nSPS) is 10.7.